The standard InChI is InChI=1S/C24H25N3O5S/c1-17-21-5-3-4-6-23(21)32-22(17)12-9-19-7-10-20(11-8-19)26-13-15-27(16-14-26)33(30,31)25-18(2)24(28)29/h3-8,10-11,18,25H,13-16H2,1-2H3,(H,28,29)/t18-/m1/s1. The lowest BCUT2D eigenvalue weighted by Gasteiger charge is -2.35. The highest BCUT2D eigenvalue weighted by Gasteiger charge is 2.29. The zero-order chi connectivity index (χ0) is 23.6. The molecule has 1 saturated heterocycles. The molecule has 3 aromatic rings. The number of rotatable bonds is 5. The Morgan fingerprint density at radius 3 is 2.36 bits per heavy atom. The second-order valence-electron chi connectivity index (χ2n) is 7.92. The highest BCUT2D eigenvalue weighted by atomic mass is 32.2. The monoisotopic (exact) mass is 467 g/mol. The molecule has 1 aliphatic rings. The molecular weight excluding hydrogens is 442 g/mol. The fourth-order valence-corrected chi connectivity index (χ4v) is 5.05. The number of anilines is 1. The molecule has 2 N–H and O–H groups in total. The Hall–Kier alpha value is -3.32. The molecule has 0 spiro atoms. The third-order valence-corrected chi connectivity index (χ3v) is 7.37. The Bertz CT molecular complexity index is 1330. The highest BCUT2D eigenvalue weighted by molar-refractivity contribution is 7.87. The fourth-order valence-electron chi connectivity index (χ4n) is 3.71. The molecule has 33 heavy (non-hydrogen) atoms. The van der Waals surface area contributed by atoms with Crippen LogP contribution in [0.5, 0.6) is 0 Å². The third kappa shape index (κ3) is 5.03. The lowest BCUT2D eigenvalue weighted by Crippen LogP contribution is -2.54. The number of nitrogens with one attached hydrogen (secondary N) is 1. The number of piperazine rings is 1. The molecule has 1 aliphatic heterocycles. The lowest BCUT2D eigenvalue weighted by atomic mass is 10.1. The maximum Gasteiger partial charge on any atom is 0.321 e. The summed E-state index contributed by atoms with van der Waals surface area (Å²) < 4.78 is 34.0. The SMILES string of the molecule is Cc1c(C#Cc2ccc(N3CCN(S(=O)(=O)N[C@H](C)C(=O)O)CC3)cc2)oc2ccccc12. The summed E-state index contributed by atoms with van der Waals surface area (Å²) in [6, 6.07) is 14.5. The van der Waals surface area contributed by atoms with Crippen molar-refractivity contribution in [1.82, 2.24) is 9.03 Å². The number of aliphatic carboxylic acids is 1. The molecule has 0 bridgehead atoms. The van der Waals surface area contributed by atoms with Crippen molar-refractivity contribution in [2.45, 2.75) is 19.9 Å². The van der Waals surface area contributed by atoms with E-state index in [0.29, 0.717) is 18.8 Å². The lowest BCUT2D eigenvalue weighted by molar-refractivity contribution is -0.138. The Morgan fingerprint density at radius 2 is 1.73 bits per heavy atom. The number of carbonyl (C=O) groups is 1. The summed E-state index contributed by atoms with van der Waals surface area (Å²) in [4.78, 5) is 13.0. The fraction of sp³-hybridized carbons (Fsp3) is 0.292. The van der Waals surface area contributed by atoms with Gasteiger partial charge in [0.15, 0.2) is 5.76 Å². The first kappa shape index (κ1) is 22.9. The van der Waals surface area contributed by atoms with Gasteiger partial charge in [-0.05, 0) is 50.1 Å². The van der Waals surface area contributed by atoms with Gasteiger partial charge in [-0.25, -0.2) is 0 Å². The van der Waals surface area contributed by atoms with Crippen molar-refractivity contribution in [2.75, 3.05) is 31.1 Å². The summed E-state index contributed by atoms with van der Waals surface area (Å²) in [6.07, 6.45) is 0. The number of hydrogen-bond donors (Lipinski definition) is 2. The molecule has 0 saturated carbocycles. The van der Waals surface area contributed by atoms with Crippen LogP contribution >= 0.6 is 0 Å². The Morgan fingerprint density at radius 1 is 1.06 bits per heavy atom. The second-order valence-corrected chi connectivity index (χ2v) is 9.62. The van der Waals surface area contributed by atoms with Gasteiger partial charge in [0.2, 0.25) is 0 Å². The molecule has 2 aromatic carbocycles. The average Bonchev–Trinajstić information content (AvgIpc) is 3.13. The van der Waals surface area contributed by atoms with Crippen LogP contribution in [-0.2, 0) is 15.0 Å². The molecular formula is C24H25N3O5S. The smallest absolute Gasteiger partial charge is 0.321 e. The number of para-hydroxylation sites is 1. The van der Waals surface area contributed by atoms with Crippen LogP contribution in [0.3, 0.4) is 0 Å². The summed E-state index contributed by atoms with van der Waals surface area (Å²) in [5.41, 5.74) is 3.68. The summed E-state index contributed by atoms with van der Waals surface area (Å²) in [7, 11) is -3.84. The highest BCUT2D eigenvalue weighted by Crippen LogP contribution is 2.24. The van der Waals surface area contributed by atoms with E-state index in [1.54, 1.807) is 0 Å². The van der Waals surface area contributed by atoms with Gasteiger partial charge in [-0.2, -0.15) is 17.4 Å². The number of fused-ring (bicyclic) bond motifs is 1. The van der Waals surface area contributed by atoms with Crippen LogP contribution < -0.4 is 9.62 Å². The van der Waals surface area contributed by atoms with Crippen molar-refractivity contribution in [2.24, 2.45) is 0 Å². The minimum Gasteiger partial charge on any atom is -0.480 e. The Balaban J connectivity index is 1.39. The number of benzene rings is 2. The van der Waals surface area contributed by atoms with Crippen LogP contribution in [0.4, 0.5) is 5.69 Å². The number of carboxylic acid groups (broad SMARTS) is 1. The van der Waals surface area contributed by atoms with Crippen molar-refractivity contribution in [3.8, 4) is 11.8 Å². The molecule has 4 rings (SSSR count). The zero-order valence-corrected chi connectivity index (χ0v) is 19.2. The molecule has 0 aliphatic carbocycles. The molecule has 2 heterocycles. The molecule has 0 unspecified atom stereocenters. The van der Waals surface area contributed by atoms with E-state index in [-0.39, 0.29) is 13.1 Å². The minimum absolute atomic E-state index is 0.272. The average molecular weight is 468 g/mol. The number of furan rings is 1. The zero-order valence-electron chi connectivity index (χ0n) is 18.4. The van der Waals surface area contributed by atoms with E-state index in [0.717, 1.165) is 27.8 Å². The molecule has 0 radical (unpaired) electrons. The first-order valence-electron chi connectivity index (χ1n) is 10.6. The topological polar surface area (TPSA) is 103 Å². The summed E-state index contributed by atoms with van der Waals surface area (Å²) in [5, 5.41) is 10.00. The van der Waals surface area contributed by atoms with E-state index < -0.39 is 22.2 Å². The van der Waals surface area contributed by atoms with Crippen LogP contribution in [0.25, 0.3) is 11.0 Å². The second kappa shape index (κ2) is 9.27. The number of nitrogens with zero attached hydrogens (tertiary/aromatic N) is 2. The molecule has 8 nitrogen and oxygen atoms in total. The van der Waals surface area contributed by atoms with E-state index in [9.17, 15) is 13.2 Å². The maximum absolute atomic E-state index is 12.4. The van der Waals surface area contributed by atoms with Crippen molar-refractivity contribution < 1.29 is 22.7 Å². The number of hydrogen-bond acceptors (Lipinski definition) is 5. The van der Waals surface area contributed by atoms with Crippen molar-refractivity contribution in [3.63, 3.8) is 0 Å². The normalized spacial score (nSPS) is 15.8. The van der Waals surface area contributed by atoms with Crippen LogP contribution in [0.1, 0.15) is 23.8 Å². The van der Waals surface area contributed by atoms with Gasteiger partial charge in [0, 0.05) is 48.4 Å². The van der Waals surface area contributed by atoms with Crippen LogP contribution in [-0.4, -0.2) is 56.0 Å². The summed E-state index contributed by atoms with van der Waals surface area (Å²) in [5.74, 6) is 5.70. The van der Waals surface area contributed by atoms with Crippen LogP contribution in [0.15, 0.2) is 52.9 Å². The third-order valence-electron chi connectivity index (χ3n) is 5.67. The number of aryl methyl sites for hydroxylation is 1. The first-order chi connectivity index (χ1) is 15.7. The Kier molecular flexibility index (Phi) is 6.42. The largest absolute Gasteiger partial charge is 0.480 e. The van der Waals surface area contributed by atoms with Gasteiger partial charge in [-0.15, -0.1) is 0 Å². The van der Waals surface area contributed by atoms with E-state index in [2.05, 4.69) is 21.5 Å². The van der Waals surface area contributed by atoms with Gasteiger partial charge in [-0.3, -0.25) is 4.79 Å². The first-order valence-corrected chi connectivity index (χ1v) is 12.0. The molecule has 9 heteroatoms. The minimum atomic E-state index is -3.84. The predicted octanol–water partition coefficient (Wildman–Crippen LogP) is 2.57. The van der Waals surface area contributed by atoms with Crippen molar-refractivity contribution in [1.29, 1.82) is 0 Å². The Labute approximate surface area is 193 Å². The van der Waals surface area contributed by atoms with Gasteiger partial charge in [0.25, 0.3) is 10.2 Å². The van der Waals surface area contributed by atoms with E-state index in [1.807, 2.05) is 55.5 Å². The predicted molar refractivity (Wildman–Crippen MR) is 126 cm³/mol. The van der Waals surface area contributed by atoms with Gasteiger partial charge in [0.1, 0.15) is 11.6 Å². The number of carboxylic acids is 1. The van der Waals surface area contributed by atoms with E-state index in [1.165, 1.54) is 11.2 Å². The molecule has 1 fully saturated rings. The van der Waals surface area contributed by atoms with Crippen LogP contribution in [0, 0.1) is 18.8 Å². The maximum atomic E-state index is 12.4. The van der Waals surface area contributed by atoms with Crippen molar-refractivity contribution in [3.05, 3.63) is 65.4 Å². The quantitative estimate of drug-likeness (QED) is 0.559. The molecule has 1 atom stereocenters. The summed E-state index contributed by atoms with van der Waals surface area (Å²) in [6.45, 7) is 4.85. The van der Waals surface area contributed by atoms with Gasteiger partial charge in [-0.1, -0.05) is 24.1 Å². The van der Waals surface area contributed by atoms with E-state index >= 15 is 0 Å². The molecule has 1 aromatic heterocycles. The molecule has 0 amide bonds. The van der Waals surface area contributed by atoms with Gasteiger partial charge >= 0.3 is 5.97 Å². The van der Waals surface area contributed by atoms with E-state index in [4.69, 9.17) is 9.52 Å². The van der Waals surface area contributed by atoms with Gasteiger partial charge in [0.05, 0.1) is 0 Å². The summed E-state index contributed by atoms with van der Waals surface area (Å²) >= 11 is 0. The molecule has 172 valence electrons. The van der Waals surface area contributed by atoms with Gasteiger partial charge < -0.3 is 14.4 Å². The van der Waals surface area contributed by atoms with Crippen molar-refractivity contribution >= 4 is 32.8 Å². The van der Waals surface area contributed by atoms with Crippen LogP contribution in [0.2, 0.25) is 0 Å².